The highest BCUT2D eigenvalue weighted by atomic mass is 32.2. The van der Waals surface area contributed by atoms with Crippen LogP contribution in [0.2, 0.25) is 0 Å². The van der Waals surface area contributed by atoms with Gasteiger partial charge in [-0.2, -0.15) is 26.3 Å². The minimum Gasteiger partial charge on any atom is -0.224 e. The van der Waals surface area contributed by atoms with Crippen molar-refractivity contribution in [1.82, 2.24) is 0 Å². The highest BCUT2D eigenvalue weighted by Gasteiger charge is 2.37. The van der Waals surface area contributed by atoms with Crippen molar-refractivity contribution >= 4 is 9.84 Å². The summed E-state index contributed by atoms with van der Waals surface area (Å²) in [5.41, 5.74) is -2.66. The van der Waals surface area contributed by atoms with E-state index in [-0.39, 0.29) is 11.1 Å². The molecule has 0 saturated heterocycles. The van der Waals surface area contributed by atoms with Gasteiger partial charge in [0.2, 0.25) is 0 Å². The largest absolute Gasteiger partial charge is 0.417 e. The molecule has 136 valence electrons. The minimum absolute atomic E-state index is 0.0965. The Morgan fingerprint density at radius 2 is 1.44 bits per heavy atom. The van der Waals surface area contributed by atoms with Gasteiger partial charge in [-0.25, -0.2) is 8.42 Å². The van der Waals surface area contributed by atoms with Gasteiger partial charge in [-0.05, 0) is 35.4 Å². The van der Waals surface area contributed by atoms with E-state index in [1.165, 1.54) is 13.0 Å². The zero-order valence-corrected chi connectivity index (χ0v) is 13.6. The van der Waals surface area contributed by atoms with Gasteiger partial charge in [0.1, 0.15) is 0 Å². The maximum Gasteiger partial charge on any atom is 0.417 e. The Hall–Kier alpha value is -2.03. The summed E-state index contributed by atoms with van der Waals surface area (Å²) in [6.07, 6.45) is -9.61. The van der Waals surface area contributed by atoms with Crippen LogP contribution in [-0.2, 0) is 22.2 Å². The molecule has 9 heteroatoms. The summed E-state index contributed by atoms with van der Waals surface area (Å²) >= 11 is 0. The average Bonchev–Trinajstić information content (AvgIpc) is 2.53. The Morgan fingerprint density at radius 1 is 0.840 bits per heavy atom. The molecule has 0 unspecified atom stereocenters. The van der Waals surface area contributed by atoms with Crippen LogP contribution in [0.1, 0.15) is 18.1 Å². The van der Waals surface area contributed by atoms with E-state index < -0.39 is 44.0 Å². The highest BCUT2D eigenvalue weighted by molar-refractivity contribution is 7.91. The van der Waals surface area contributed by atoms with Crippen LogP contribution in [0.5, 0.6) is 0 Å². The number of benzene rings is 2. The third kappa shape index (κ3) is 4.15. The molecule has 0 bridgehead atoms. The predicted molar refractivity (Wildman–Crippen MR) is 79.6 cm³/mol. The lowest BCUT2D eigenvalue weighted by Crippen LogP contribution is -2.14. The lowest BCUT2D eigenvalue weighted by Gasteiger charge is -2.15. The summed E-state index contributed by atoms with van der Waals surface area (Å²) in [5.74, 6) is -0.529. The van der Waals surface area contributed by atoms with Gasteiger partial charge >= 0.3 is 12.4 Å². The Kier molecular flexibility index (Phi) is 4.91. The van der Waals surface area contributed by atoms with E-state index in [0.717, 1.165) is 24.3 Å². The number of halogens is 6. The van der Waals surface area contributed by atoms with Crippen molar-refractivity contribution in [3.8, 4) is 11.1 Å². The van der Waals surface area contributed by atoms with Crippen LogP contribution in [-0.4, -0.2) is 14.2 Å². The fourth-order valence-electron chi connectivity index (χ4n) is 2.23. The molecule has 0 aliphatic heterocycles. The normalized spacial score (nSPS) is 13.1. The summed E-state index contributed by atoms with van der Waals surface area (Å²) < 4.78 is 102. The summed E-state index contributed by atoms with van der Waals surface area (Å²) in [5, 5.41) is 0. The van der Waals surface area contributed by atoms with Crippen molar-refractivity contribution in [2.24, 2.45) is 0 Å². The molecular weight excluding hydrogens is 370 g/mol. The standard InChI is InChI=1S/C16H12F6O2S/c1-2-25(23,24)14-7-6-11(9-13(14)16(20,21)22)10-4-3-5-12(8-10)15(17,18)19/h3-9H,2H2,1H3. The molecule has 0 saturated carbocycles. The van der Waals surface area contributed by atoms with E-state index >= 15 is 0 Å². The zero-order valence-electron chi connectivity index (χ0n) is 12.7. The second-order valence-corrected chi connectivity index (χ2v) is 7.44. The fraction of sp³-hybridized carbons (Fsp3) is 0.250. The van der Waals surface area contributed by atoms with Gasteiger partial charge in [-0.3, -0.25) is 0 Å². The molecule has 0 radical (unpaired) electrons. The molecule has 2 rings (SSSR count). The third-order valence-electron chi connectivity index (χ3n) is 3.52. The smallest absolute Gasteiger partial charge is 0.224 e. The fourth-order valence-corrected chi connectivity index (χ4v) is 3.33. The maximum atomic E-state index is 13.2. The molecule has 0 aliphatic rings. The van der Waals surface area contributed by atoms with E-state index in [1.807, 2.05) is 0 Å². The molecule has 2 aromatic carbocycles. The third-order valence-corrected chi connectivity index (χ3v) is 5.31. The lowest BCUT2D eigenvalue weighted by atomic mass is 10.0. The van der Waals surface area contributed by atoms with E-state index in [2.05, 4.69) is 0 Å². The van der Waals surface area contributed by atoms with Gasteiger partial charge in [0.05, 0.1) is 21.8 Å². The Bertz CT molecular complexity index is 882. The SMILES string of the molecule is CCS(=O)(=O)c1ccc(-c2cccc(C(F)(F)F)c2)cc1C(F)(F)F. The van der Waals surface area contributed by atoms with Gasteiger partial charge in [0.15, 0.2) is 9.84 Å². The predicted octanol–water partition coefficient (Wildman–Crippen LogP) is 5.18. The van der Waals surface area contributed by atoms with Crippen LogP contribution < -0.4 is 0 Å². The summed E-state index contributed by atoms with van der Waals surface area (Å²) in [6, 6.07) is 6.19. The average molecular weight is 382 g/mol. The summed E-state index contributed by atoms with van der Waals surface area (Å²) in [7, 11) is -4.14. The Balaban J connectivity index is 2.67. The monoisotopic (exact) mass is 382 g/mol. The van der Waals surface area contributed by atoms with Crippen LogP contribution in [0.4, 0.5) is 26.3 Å². The molecule has 0 N–H and O–H groups in total. The molecule has 0 fully saturated rings. The van der Waals surface area contributed by atoms with Gasteiger partial charge in [0.25, 0.3) is 0 Å². The molecule has 25 heavy (non-hydrogen) atoms. The topological polar surface area (TPSA) is 34.1 Å². The highest BCUT2D eigenvalue weighted by Crippen LogP contribution is 2.38. The van der Waals surface area contributed by atoms with Gasteiger partial charge in [-0.1, -0.05) is 25.1 Å². The van der Waals surface area contributed by atoms with Crippen molar-refractivity contribution in [3.05, 3.63) is 53.6 Å². The Labute approximate surface area is 140 Å². The van der Waals surface area contributed by atoms with E-state index in [4.69, 9.17) is 0 Å². The van der Waals surface area contributed by atoms with Crippen LogP contribution in [0.3, 0.4) is 0 Å². The molecule has 2 aromatic rings. The van der Waals surface area contributed by atoms with Crippen LogP contribution in [0.15, 0.2) is 47.4 Å². The second-order valence-electron chi connectivity index (χ2n) is 5.19. The van der Waals surface area contributed by atoms with Crippen molar-refractivity contribution in [3.63, 3.8) is 0 Å². The first-order valence-corrected chi connectivity index (χ1v) is 8.63. The second kappa shape index (κ2) is 6.36. The number of hydrogen-bond donors (Lipinski definition) is 0. The zero-order chi connectivity index (χ0) is 19.0. The van der Waals surface area contributed by atoms with Gasteiger partial charge < -0.3 is 0 Å². The maximum absolute atomic E-state index is 13.2. The van der Waals surface area contributed by atoms with Crippen LogP contribution >= 0.6 is 0 Å². The Morgan fingerprint density at radius 3 is 1.96 bits per heavy atom. The molecular formula is C16H12F6O2S. The number of rotatable bonds is 3. The first-order chi connectivity index (χ1) is 11.4. The van der Waals surface area contributed by atoms with Gasteiger partial charge in [-0.15, -0.1) is 0 Å². The number of alkyl halides is 6. The quantitative estimate of drug-likeness (QED) is 0.685. The van der Waals surface area contributed by atoms with Crippen molar-refractivity contribution in [2.45, 2.75) is 24.2 Å². The minimum atomic E-state index is -4.96. The van der Waals surface area contributed by atoms with Crippen molar-refractivity contribution < 1.29 is 34.8 Å². The molecule has 0 aliphatic carbocycles. The van der Waals surface area contributed by atoms with Crippen molar-refractivity contribution in [2.75, 3.05) is 5.75 Å². The van der Waals surface area contributed by atoms with Crippen LogP contribution in [0.25, 0.3) is 11.1 Å². The first kappa shape index (κ1) is 19.3. The van der Waals surface area contributed by atoms with Crippen molar-refractivity contribution in [1.29, 1.82) is 0 Å². The van der Waals surface area contributed by atoms with Crippen LogP contribution in [0, 0.1) is 0 Å². The molecule has 0 atom stereocenters. The molecule has 0 spiro atoms. The molecule has 0 aromatic heterocycles. The van der Waals surface area contributed by atoms with E-state index in [0.29, 0.717) is 12.1 Å². The van der Waals surface area contributed by atoms with E-state index in [1.54, 1.807) is 0 Å². The lowest BCUT2D eigenvalue weighted by molar-refractivity contribution is -0.140. The number of sulfone groups is 1. The van der Waals surface area contributed by atoms with E-state index in [9.17, 15) is 34.8 Å². The summed E-state index contributed by atoms with van der Waals surface area (Å²) in [4.78, 5) is -0.891. The molecule has 0 amide bonds. The first-order valence-electron chi connectivity index (χ1n) is 6.98. The van der Waals surface area contributed by atoms with Gasteiger partial charge in [0, 0.05) is 0 Å². The molecule has 0 heterocycles. The molecule has 2 nitrogen and oxygen atoms in total. The summed E-state index contributed by atoms with van der Waals surface area (Å²) in [6.45, 7) is 1.20. The number of hydrogen-bond acceptors (Lipinski definition) is 2.